The van der Waals surface area contributed by atoms with Crippen molar-refractivity contribution in [2.24, 2.45) is 11.3 Å². The highest BCUT2D eigenvalue weighted by Gasteiger charge is 2.33. The summed E-state index contributed by atoms with van der Waals surface area (Å²) in [5.41, 5.74) is 0.408. The highest BCUT2D eigenvalue weighted by molar-refractivity contribution is 7.88. The molecule has 4 nitrogen and oxygen atoms in total. The van der Waals surface area contributed by atoms with Gasteiger partial charge in [0.2, 0.25) is 10.0 Å². The van der Waals surface area contributed by atoms with Crippen molar-refractivity contribution in [2.75, 3.05) is 19.4 Å². The number of hydrogen-bond acceptors (Lipinski definition) is 3. The molecule has 1 fully saturated rings. The Morgan fingerprint density at radius 2 is 2.06 bits per heavy atom. The average molecular weight is 263 g/mol. The lowest BCUT2D eigenvalue weighted by molar-refractivity contribution is -0.0182. The maximum Gasteiger partial charge on any atom is 0.208 e. The lowest BCUT2D eigenvalue weighted by Gasteiger charge is -2.40. The molecule has 0 unspecified atom stereocenters. The average Bonchev–Trinajstić information content (AvgIpc) is 2.17. The summed E-state index contributed by atoms with van der Waals surface area (Å²) in [6, 6.07) is 0. The summed E-state index contributed by atoms with van der Waals surface area (Å²) < 4.78 is 29.9. The van der Waals surface area contributed by atoms with Gasteiger partial charge in [0, 0.05) is 6.54 Å². The van der Waals surface area contributed by atoms with Gasteiger partial charge in [0.05, 0.1) is 19.0 Å². The molecule has 1 saturated carbocycles. The molecular formula is C12H25NO3S. The predicted molar refractivity (Wildman–Crippen MR) is 69.4 cm³/mol. The normalized spacial score (nSPS) is 29.2. The zero-order chi connectivity index (χ0) is 13.1. The largest absolute Gasteiger partial charge is 0.377 e. The standard InChI is InChI=1S/C12H25NO3S/c1-10-9-11(5-6-12(10,2)3)16-8-7-13-17(4,14)15/h10-11,13H,5-9H2,1-4H3/t10-,11-/m0/s1. The van der Waals surface area contributed by atoms with Crippen molar-refractivity contribution in [2.45, 2.75) is 46.1 Å². The molecule has 0 amide bonds. The summed E-state index contributed by atoms with van der Waals surface area (Å²) in [6.45, 7) is 7.71. The van der Waals surface area contributed by atoms with Gasteiger partial charge in [-0.05, 0) is 30.6 Å². The van der Waals surface area contributed by atoms with E-state index in [9.17, 15) is 8.42 Å². The minimum atomic E-state index is -3.09. The first-order valence-electron chi connectivity index (χ1n) is 6.27. The predicted octanol–water partition coefficient (Wildman–Crippen LogP) is 1.77. The molecule has 0 aromatic heterocycles. The first-order chi connectivity index (χ1) is 7.71. The van der Waals surface area contributed by atoms with Crippen molar-refractivity contribution in [3.8, 4) is 0 Å². The fourth-order valence-corrected chi connectivity index (χ4v) is 2.67. The highest BCUT2D eigenvalue weighted by Crippen LogP contribution is 2.40. The van der Waals surface area contributed by atoms with Gasteiger partial charge in [-0.25, -0.2) is 13.1 Å². The number of sulfonamides is 1. The molecule has 0 bridgehead atoms. The molecule has 2 atom stereocenters. The molecule has 1 N–H and O–H groups in total. The van der Waals surface area contributed by atoms with Crippen LogP contribution in [0.5, 0.6) is 0 Å². The second-order valence-corrected chi connectivity index (χ2v) is 7.66. The van der Waals surface area contributed by atoms with Crippen molar-refractivity contribution in [1.82, 2.24) is 4.72 Å². The van der Waals surface area contributed by atoms with Gasteiger partial charge in [-0.15, -0.1) is 0 Å². The van der Waals surface area contributed by atoms with Gasteiger partial charge >= 0.3 is 0 Å². The van der Waals surface area contributed by atoms with E-state index in [1.165, 1.54) is 6.42 Å². The van der Waals surface area contributed by atoms with E-state index in [-0.39, 0.29) is 0 Å². The Kier molecular flexibility index (Phi) is 4.98. The Morgan fingerprint density at radius 3 is 2.59 bits per heavy atom. The van der Waals surface area contributed by atoms with E-state index in [1.807, 2.05) is 0 Å². The Balaban J connectivity index is 2.22. The van der Waals surface area contributed by atoms with Gasteiger partial charge < -0.3 is 4.74 Å². The molecule has 1 aliphatic rings. The van der Waals surface area contributed by atoms with Gasteiger partial charge in [0.15, 0.2) is 0 Å². The summed E-state index contributed by atoms with van der Waals surface area (Å²) in [5.74, 6) is 0.657. The van der Waals surface area contributed by atoms with Crippen LogP contribution in [0.3, 0.4) is 0 Å². The minimum Gasteiger partial charge on any atom is -0.377 e. The summed E-state index contributed by atoms with van der Waals surface area (Å²) >= 11 is 0. The lowest BCUT2D eigenvalue weighted by atomic mass is 9.69. The second kappa shape index (κ2) is 5.67. The molecule has 0 saturated heterocycles. The van der Waals surface area contributed by atoms with E-state index in [0.717, 1.165) is 19.1 Å². The van der Waals surface area contributed by atoms with Crippen LogP contribution in [0.4, 0.5) is 0 Å². The summed E-state index contributed by atoms with van der Waals surface area (Å²) in [4.78, 5) is 0. The highest BCUT2D eigenvalue weighted by atomic mass is 32.2. The van der Waals surface area contributed by atoms with E-state index in [1.54, 1.807) is 0 Å². The third-order valence-corrected chi connectivity index (χ3v) is 4.61. The van der Waals surface area contributed by atoms with E-state index in [0.29, 0.717) is 30.6 Å². The van der Waals surface area contributed by atoms with Crippen LogP contribution in [0.2, 0.25) is 0 Å². The summed E-state index contributed by atoms with van der Waals surface area (Å²) in [6.07, 6.45) is 4.79. The first-order valence-corrected chi connectivity index (χ1v) is 8.16. The monoisotopic (exact) mass is 263 g/mol. The van der Waals surface area contributed by atoms with Crippen LogP contribution in [0, 0.1) is 11.3 Å². The third-order valence-electron chi connectivity index (χ3n) is 3.88. The van der Waals surface area contributed by atoms with Crippen LogP contribution in [0.1, 0.15) is 40.0 Å². The van der Waals surface area contributed by atoms with Crippen LogP contribution in [0.15, 0.2) is 0 Å². The van der Waals surface area contributed by atoms with E-state index in [2.05, 4.69) is 25.5 Å². The van der Waals surface area contributed by atoms with Crippen LogP contribution >= 0.6 is 0 Å². The fraction of sp³-hybridized carbons (Fsp3) is 1.00. The molecule has 5 heteroatoms. The van der Waals surface area contributed by atoms with Crippen LogP contribution in [-0.2, 0) is 14.8 Å². The fourth-order valence-electron chi connectivity index (χ4n) is 2.21. The van der Waals surface area contributed by atoms with Crippen LogP contribution in [-0.4, -0.2) is 33.9 Å². The van der Waals surface area contributed by atoms with Gasteiger partial charge in [-0.3, -0.25) is 0 Å². The molecule has 0 aliphatic heterocycles. The SMILES string of the molecule is C[C@H]1C[C@@H](OCCNS(C)(=O)=O)CCC1(C)C. The Hall–Kier alpha value is -0.130. The molecular weight excluding hydrogens is 238 g/mol. The first kappa shape index (κ1) is 14.9. The zero-order valence-electron chi connectivity index (χ0n) is 11.3. The maximum atomic E-state index is 10.9. The second-order valence-electron chi connectivity index (χ2n) is 5.82. The number of rotatable bonds is 5. The van der Waals surface area contributed by atoms with Gasteiger partial charge in [-0.2, -0.15) is 0 Å². The molecule has 0 radical (unpaired) electrons. The lowest BCUT2D eigenvalue weighted by Crippen LogP contribution is -2.35. The number of hydrogen-bond donors (Lipinski definition) is 1. The zero-order valence-corrected chi connectivity index (χ0v) is 12.1. The van der Waals surface area contributed by atoms with Crippen molar-refractivity contribution >= 4 is 10.0 Å². The Morgan fingerprint density at radius 1 is 1.41 bits per heavy atom. The molecule has 0 aromatic rings. The Labute approximate surface area is 105 Å². The number of ether oxygens (including phenoxy) is 1. The Bertz CT molecular complexity index is 338. The van der Waals surface area contributed by atoms with Crippen molar-refractivity contribution in [3.63, 3.8) is 0 Å². The van der Waals surface area contributed by atoms with Gasteiger partial charge in [0.25, 0.3) is 0 Å². The van der Waals surface area contributed by atoms with Crippen molar-refractivity contribution < 1.29 is 13.2 Å². The third kappa shape index (κ3) is 5.36. The van der Waals surface area contributed by atoms with E-state index < -0.39 is 10.0 Å². The van der Waals surface area contributed by atoms with Gasteiger partial charge in [0.1, 0.15) is 0 Å². The van der Waals surface area contributed by atoms with E-state index >= 15 is 0 Å². The van der Waals surface area contributed by atoms with Crippen LogP contribution in [0.25, 0.3) is 0 Å². The van der Waals surface area contributed by atoms with Gasteiger partial charge in [-0.1, -0.05) is 20.8 Å². The van der Waals surface area contributed by atoms with Crippen molar-refractivity contribution in [1.29, 1.82) is 0 Å². The summed E-state index contributed by atoms with van der Waals surface area (Å²) in [7, 11) is -3.09. The molecule has 1 rings (SSSR count). The quantitative estimate of drug-likeness (QED) is 0.769. The topological polar surface area (TPSA) is 55.4 Å². The molecule has 1 aliphatic carbocycles. The molecule has 0 spiro atoms. The van der Waals surface area contributed by atoms with E-state index in [4.69, 9.17) is 4.74 Å². The molecule has 0 aromatic carbocycles. The molecule has 0 heterocycles. The molecule has 17 heavy (non-hydrogen) atoms. The maximum absolute atomic E-state index is 10.9. The minimum absolute atomic E-state index is 0.291. The molecule has 102 valence electrons. The number of nitrogens with one attached hydrogen (secondary N) is 1. The smallest absolute Gasteiger partial charge is 0.208 e. The van der Waals surface area contributed by atoms with Crippen LogP contribution < -0.4 is 4.72 Å². The summed E-state index contributed by atoms with van der Waals surface area (Å²) in [5, 5.41) is 0. The van der Waals surface area contributed by atoms with Crippen molar-refractivity contribution in [3.05, 3.63) is 0 Å².